The molecule has 1 aromatic heterocycles. The predicted octanol–water partition coefficient (Wildman–Crippen LogP) is 3.47. The van der Waals surface area contributed by atoms with E-state index in [0.717, 1.165) is 36.4 Å². The molecule has 2 rings (SSSR count). The van der Waals surface area contributed by atoms with Crippen LogP contribution in [0.2, 0.25) is 0 Å². The summed E-state index contributed by atoms with van der Waals surface area (Å²) in [5.74, 6) is 1.45. The van der Waals surface area contributed by atoms with Gasteiger partial charge in [0.2, 0.25) is 0 Å². The molecule has 0 amide bonds. The SMILES string of the molecule is Cc1cc(CCCN)nc2ccc(OCC(C)C)cc12. The maximum atomic E-state index is 5.78. The lowest BCUT2D eigenvalue weighted by molar-refractivity contribution is 0.271. The molecule has 0 atom stereocenters. The zero-order valence-electron chi connectivity index (χ0n) is 12.6. The molecular weight excluding hydrogens is 248 g/mol. The fourth-order valence-electron chi connectivity index (χ4n) is 2.21. The van der Waals surface area contributed by atoms with Gasteiger partial charge in [0.05, 0.1) is 12.1 Å². The predicted molar refractivity (Wildman–Crippen MR) is 84.2 cm³/mol. The molecule has 20 heavy (non-hydrogen) atoms. The van der Waals surface area contributed by atoms with Gasteiger partial charge < -0.3 is 10.5 Å². The fourth-order valence-corrected chi connectivity index (χ4v) is 2.21. The van der Waals surface area contributed by atoms with Crippen LogP contribution in [0.4, 0.5) is 0 Å². The molecular formula is C17H24N2O. The molecule has 0 saturated carbocycles. The number of aromatic nitrogens is 1. The lowest BCUT2D eigenvalue weighted by Crippen LogP contribution is -2.04. The van der Waals surface area contributed by atoms with Crippen molar-refractivity contribution in [3.05, 3.63) is 35.5 Å². The van der Waals surface area contributed by atoms with E-state index in [9.17, 15) is 0 Å². The second-order valence-electron chi connectivity index (χ2n) is 5.71. The number of ether oxygens (including phenoxy) is 1. The smallest absolute Gasteiger partial charge is 0.120 e. The second-order valence-corrected chi connectivity index (χ2v) is 5.71. The molecule has 1 aromatic carbocycles. The number of pyridine rings is 1. The van der Waals surface area contributed by atoms with Gasteiger partial charge in [-0.1, -0.05) is 13.8 Å². The van der Waals surface area contributed by atoms with Crippen molar-refractivity contribution in [2.75, 3.05) is 13.2 Å². The first kappa shape index (κ1) is 14.8. The number of hydrogen-bond donors (Lipinski definition) is 1. The summed E-state index contributed by atoms with van der Waals surface area (Å²) < 4.78 is 5.78. The van der Waals surface area contributed by atoms with Gasteiger partial charge in [0.15, 0.2) is 0 Å². The topological polar surface area (TPSA) is 48.1 Å². The second kappa shape index (κ2) is 6.71. The molecule has 0 bridgehead atoms. The molecule has 2 N–H and O–H groups in total. The van der Waals surface area contributed by atoms with Gasteiger partial charge in [0.25, 0.3) is 0 Å². The largest absolute Gasteiger partial charge is 0.493 e. The van der Waals surface area contributed by atoms with Gasteiger partial charge in [-0.15, -0.1) is 0 Å². The first-order chi connectivity index (χ1) is 9.60. The maximum absolute atomic E-state index is 5.78. The van der Waals surface area contributed by atoms with Crippen LogP contribution in [0.3, 0.4) is 0 Å². The van der Waals surface area contributed by atoms with Crippen LogP contribution in [0.5, 0.6) is 5.75 Å². The summed E-state index contributed by atoms with van der Waals surface area (Å²) in [6.45, 7) is 7.88. The standard InChI is InChI=1S/C17H24N2O/c1-12(2)11-20-15-6-7-17-16(10-15)13(3)9-14(19-17)5-4-8-18/h6-7,9-10,12H,4-5,8,11,18H2,1-3H3. The van der Waals surface area contributed by atoms with E-state index in [4.69, 9.17) is 15.5 Å². The Bertz CT molecular complexity index is 578. The van der Waals surface area contributed by atoms with Crippen LogP contribution in [-0.2, 0) is 6.42 Å². The molecule has 0 spiro atoms. The van der Waals surface area contributed by atoms with E-state index >= 15 is 0 Å². The minimum absolute atomic E-state index is 0.531. The quantitative estimate of drug-likeness (QED) is 0.876. The van der Waals surface area contributed by atoms with Crippen molar-refractivity contribution in [2.45, 2.75) is 33.6 Å². The molecule has 2 aromatic rings. The van der Waals surface area contributed by atoms with Gasteiger partial charge in [-0.3, -0.25) is 4.98 Å². The Kier molecular flexibility index (Phi) is 4.96. The minimum atomic E-state index is 0.531. The van der Waals surface area contributed by atoms with Gasteiger partial charge in [0.1, 0.15) is 5.75 Å². The normalized spacial score (nSPS) is 11.2. The van der Waals surface area contributed by atoms with Crippen molar-refractivity contribution in [1.82, 2.24) is 4.98 Å². The van der Waals surface area contributed by atoms with Crippen molar-refractivity contribution in [1.29, 1.82) is 0 Å². The number of hydrogen-bond acceptors (Lipinski definition) is 3. The number of nitrogens with zero attached hydrogens (tertiary/aromatic N) is 1. The van der Waals surface area contributed by atoms with Gasteiger partial charge in [-0.2, -0.15) is 0 Å². The Morgan fingerprint density at radius 1 is 1.25 bits per heavy atom. The van der Waals surface area contributed by atoms with Crippen molar-refractivity contribution in [3.8, 4) is 5.75 Å². The van der Waals surface area contributed by atoms with E-state index in [1.54, 1.807) is 0 Å². The third-order valence-electron chi connectivity index (χ3n) is 3.26. The zero-order valence-corrected chi connectivity index (χ0v) is 12.6. The highest BCUT2D eigenvalue weighted by Crippen LogP contribution is 2.24. The highest BCUT2D eigenvalue weighted by molar-refractivity contribution is 5.83. The number of aryl methyl sites for hydroxylation is 2. The monoisotopic (exact) mass is 272 g/mol. The van der Waals surface area contributed by atoms with Gasteiger partial charge in [-0.25, -0.2) is 0 Å². The first-order valence-corrected chi connectivity index (χ1v) is 7.33. The summed E-state index contributed by atoms with van der Waals surface area (Å²) in [4.78, 5) is 4.70. The lowest BCUT2D eigenvalue weighted by Gasteiger charge is -2.11. The third-order valence-corrected chi connectivity index (χ3v) is 3.26. The Balaban J connectivity index is 2.26. The Morgan fingerprint density at radius 3 is 2.75 bits per heavy atom. The van der Waals surface area contributed by atoms with Crippen molar-refractivity contribution >= 4 is 10.9 Å². The molecule has 0 unspecified atom stereocenters. The molecule has 0 aliphatic carbocycles. The van der Waals surface area contributed by atoms with Gasteiger partial charge >= 0.3 is 0 Å². The zero-order chi connectivity index (χ0) is 14.5. The summed E-state index contributed by atoms with van der Waals surface area (Å²) in [6, 6.07) is 8.30. The van der Waals surface area contributed by atoms with E-state index < -0.39 is 0 Å². The molecule has 0 aliphatic rings. The highest BCUT2D eigenvalue weighted by Gasteiger charge is 2.05. The maximum Gasteiger partial charge on any atom is 0.120 e. The Morgan fingerprint density at radius 2 is 2.05 bits per heavy atom. The lowest BCUT2D eigenvalue weighted by atomic mass is 10.1. The van der Waals surface area contributed by atoms with Crippen LogP contribution < -0.4 is 10.5 Å². The molecule has 108 valence electrons. The summed E-state index contributed by atoms with van der Waals surface area (Å²) in [6.07, 6.45) is 1.92. The van der Waals surface area contributed by atoms with Crippen molar-refractivity contribution in [3.63, 3.8) is 0 Å². The number of nitrogens with two attached hydrogens (primary N) is 1. The highest BCUT2D eigenvalue weighted by atomic mass is 16.5. The van der Waals surface area contributed by atoms with Crippen LogP contribution in [0.25, 0.3) is 10.9 Å². The Hall–Kier alpha value is -1.61. The molecule has 0 fully saturated rings. The van der Waals surface area contributed by atoms with Gasteiger partial charge in [0, 0.05) is 11.1 Å². The van der Waals surface area contributed by atoms with Crippen LogP contribution in [0.15, 0.2) is 24.3 Å². The fraction of sp³-hybridized carbons (Fsp3) is 0.471. The van der Waals surface area contributed by atoms with E-state index in [-0.39, 0.29) is 0 Å². The third kappa shape index (κ3) is 3.70. The molecule has 0 radical (unpaired) electrons. The number of rotatable bonds is 6. The Labute approximate surface area is 121 Å². The average molecular weight is 272 g/mol. The molecule has 0 saturated heterocycles. The summed E-state index contributed by atoms with van der Waals surface area (Å²) in [5, 5.41) is 1.17. The van der Waals surface area contributed by atoms with Crippen LogP contribution in [-0.4, -0.2) is 18.1 Å². The van der Waals surface area contributed by atoms with Crippen molar-refractivity contribution < 1.29 is 4.74 Å². The molecule has 1 heterocycles. The number of fused-ring (bicyclic) bond motifs is 1. The van der Waals surface area contributed by atoms with E-state index in [0.29, 0.717) is 12.5 Å². The van der Waals surface area contributed by atoms with Crippen LogP contribution in [0, 0.1) is 12.8 Å². The summed E-state index contributed by atoms with van der Waals surface area (Å²) in [7, 11) is 0. The molecule has 3 heteroatoms. The van der Waals surface area contributed by atoms with Crippen LogP contribution >= 0.6 is 0 Å². The average Bonchev–Trinajstić information content (AvgIpc) is 2.43. The summed E-state index contributed by atoms with van der Waals surface area (Å²) >= 11 is 0. The van der Waals surface area contributed by atoms with Crippen LogP contribution in [0.1, 0.15) is 31.5 Å². The van der Waals surface area contributed by atoms with E-state index in [2.05, 4.69) is 32.9 Å². The minimum Gasteiger partial charge on any atom is -0.493 e. The van der Waals surface area contributed by atoms with Crippen molar-refractivity contribution in [2.24, 2.45) is 11.7 Å². The summed E-state index contributed by atoms with van der Waals surface area (Å²) in [5.41, 5.74) is 8.97. The molecule has 0 aliphatic heterocycles. The first-order valence-electron chi connectivity index (χ1n) is 7.33. The molecule has 3 nitrogen and oxygen atoms in total. The number of benzene rings is 1. The van der Waals surface area contributed by atoms with E-state index in [1.165, 1.54) is 10.9 Å². The van der Waals surface area contributed by atoms with Gasteiger partial charge in [-0.05, 0) is 62.1 Å². The van der Waals surface area contributed by atoms with E-state index in [1.807, 2.05) is 12.1 Å².